The van der Waals surface area contributed by atoms with Crippen molar-refractivity contribution in [3.8, 4) is 0 Å². The van der Waals surface area contributed by atoms with Gasteiger partial charge in [0, 0.05) is 5.92 Å². The van der Waals surface area contributed by atoms with E-state index in [2.05, 4.69) is 0 Å². The first-order chi connectivity index (χ1) is 9.48. The number of ether oxygens (including phenoxy) is 1. The van der Waals surface area contributed by atoms with Gasteiger partial charge in [0.2, 0.25) is 0 Å². The van der Waals surface area contributed by atoms with Crippen LogP contribution in [0.4, 0.5) is 0 Å². The Labute approximate surface area is 121 Å². The number of hydrogen-bond donors (Lipinski definition) is 0. The molecule has 0 bridgehead atoms. The number of benzene rings is 1. The zero-order chi connectivity index (χ0) is 14.6. The van der Waals surface area contributed by atoms with Gasteiger partial charge < -0.3 is 4.74 Å². The van der Waals surface area contributed by atoms with Crippen LogP contribution in [0, 0.1) is 5.92 Å². The topological polar surface area (TPSA) is 43.4 Å². The van der Waals surface area contributed by atoms with Gasteiger partial charge in [-0.1, -0.05) is 30.3 Å². The summed E-state index contributed by atoms with van der Waals surface area (Å²) in [4.78, 5) is 0. The molecule has 0 aromatic heterocycles. The van der Waals surface area contributed by atoms with Gasteiger partial charge in [0.1, 0.15) is 0 Å². The lowest BCUT2D eigenvalue weighted by Gasteiger charge is -2.27. The van der Waals surface area contributed by atoms with E-state index in [0.717, 1.165) is 24.0 Å². The van der Waals surface area contributed by atoms with Crippen LogP contribution >= 0.6 is 0 Å². The predicted octanol–water partition coefficient (Wildman–Crippen LogP) is 3.28. The number of hydrogen-bond acceptors (Lipinski definition) is 3. The highest BCUT2D eigenvalue weighted by Gasteiger charge is 2.29. The monoisotopic (exact) mass is 294 g/mol. The van der Waals surface area contributed by atoms with Gasteiger partial charge >= 0.3 is 0 Å². The summed E-state index contributed by atoms with van der Waals surface area (Å²) < 4.78 is 29.1. The average Bonchev–Trinajstić information content (AvgIpc) is 2.44. The Morgan fingerprint density at radius 2 is 2.05 bits per heavy atom. The lowest BCUT2D eigenvalue weighted by Crippen LogP contribution is -2.32. The summed E-state index contributed by atoms with van der Waals surface area (Å²) in [5.41, 5.74) is 2.17. The first-order valence-corrected chi connectivity index (χ1v) is 8.88. The molecule has 1 aliphatic rings. The van der Waals surface area contributed by atoms with Crippen molar-refractivity contribution in [3.05, 3.63) is 42.2 Å². The minimum atomic E-state index is -2.87. The molecule has 0 amide bonds. The van der Waals surface area contributed by atoms with Gasteiger partial charge in [-0.15, -0.1) is 0 Å². The van der Waals surface area contributed by atoms with Crippen LogP contribution in [0.5, 0.6) is 0 Å². The molecule has 2 unspecified atom stereocenters. The molecule has 1 saturated heterocycles. The van der Waals surface area contributed by atoms with E-state index >= 15 is 0 Å². The average molecular weight is 294 g/mol. The molecule has 4 heteroatoms. The Morgan fingerprint density at radius 1 is 1.35 bits per heavy atom. The normalized spacial score (nSPS) is 24.1. The lowest BCUT2D eigenvalue weighted by molar-refractivity contribution is 0.106. The Balaban J connectivity index is 1.96. The Kier molecular flexibility index (Phi) is 4.86. The molecule has 2 atom stereocenters. The molecular weight excluding hydrogens is 272 g/mol. The summed E-state index contributed by atoms with van der Waals surface area (Å²) in [6.45, 7) is 3.96. The van der Waals surface area contributed by atoms with Gasteiger partial charge in [-0.3, -0.25) is 0 Å². The molecule has 20 heavy (non-hydrogen) atoms. The van der Waals surface area contributed by atoms with Crippen molar-refractivity contribution in [1.29, 1.82) is 0 Å². The molecule has 1 heterocycles. The van der Waals surface area contributed by atoms with Crippen LogP contribution in [-0.4, -0.2) is 26.0 Å². The van der Waals surface area contributed by atoms with Crippen LogP contribution in [0.15, 0.2) is 36.6 Å². The van der Waals surface area contributed by atoms with Crippen LogP contribution < -0.4 is 0 Å². The fraction of sp³-hybridized carbons (Fsp3) is 0.500. The highest BCUT2D eigenvalue weighted by molar-refractivity contribution is 7.91. The minimum Gasteiger partial charge on any atom is -0.498 e. The molecule has 1 aromatic rings. The van der Waals surface area contributed by atoms with E-state index in [1.165, 1.54) is 0 Å². The van der Waals surface area contributed by atoms with Gasteiger partial charge in [-0.2, -0.15) is 0 Å². The van der Waals surface area contributed by atoms with Crippen molar-refractivity contribution in [3.63, 3.8) is 0 Å². The lowest BCUT2D eigenvalue weighted by atomic mass is 10.00. The van der Waals surface area contributed by atoms with Crippen molar-refractivity contribution in [2.24, 2.45) is 5.92 Å². The maximum atomic E-state index is 11.7. The Bertz CT molecular complexity index is 561. The number of rotatable bonds is 4. The van der Waals surface area contributed by atoms with Crippen molar-refractivity contribution in [1.82, 2.24) is 0 Å². The standard InChI is InChI=1S/C16H22O3S/c1-13(15-7-4-3-5-8-15)11-19-14(2)16-9-6-10-20(17,18)12-16/h3-5,7-8,11,14,16H,6,9-10,12H2,1-2H3/b13-11-. The molecule has 0 spiro atoms. The second-order valence-electron chi connectivity index (χ2n) is 5.52. The zero-order valence-corrected chi connectivity index (χ0v) is 12.9. The van der Waals surface area contributed by atoms with Crippen molar-refractivity contribution >= 4 is 15.4 Å². The molecular formula is C16H22O3S. The van der Waals surface area contributed by atoms with Gasteiger partial charge in [0.05, 0.1) is 23.9 Å². The fourth-order valence-electron chi connectivity index (χ4n) is 2.52. The smallest absolute Gasteiger partial charge is 0.150 e. The van der Waals surface area contributed by atoms with E-state index in [1.807, 2.05) is 44.2 Å². The fourth-order valence-corrected chi connectivity index (χ4v) is 4.38. The van der Waals surface area contributed by atoms with Crippen molar-refractivity contribution in [2.75, 3.05) is 11.5 Å². The largest absolute Gasteiger partial charge is 0.498 e. The van der Waals surface area contributed by atoms with Crippen LogP contribution in [0.3, 0.4) is 0 Å². The summed E-state index contributed by atoms with van der Waals surface area (Å²) in [7, 11) is -2.87. The summed E-state index contributed by atoms with van der Waals surface area (Å²) >= 11 is 0. The molecule has 1 aliphatic heterocycles. The molecule has 2 rings (SSSR count). The molecule has 1 fully saturated rings. The first-order valence-electron chi connectivity index (χ1n) is 7.06. The number of sulfone groups is 1. The molecule has 0 radical (unpaired) electrons. The van der Waals surface area contributed by atoms with E-state index in [-0.39, 0.29) is 17.8 Å². The summed E-state index contributed by atoms with van der Waals surface area (Å²) in [6.07, 6.45) is 3.37. The van der Waals surface area contributed by atoms with Crippen LogP contribution in [0.1, 0.15) is 32.3 Å². The van der Waals surface area contributed by atoms with Crippen molar-refractivity contribution in [2.45, 2.75) is 32.8 Å². The van der Waals surface area contributed by atoms with E-state index < -0.39 is 9.84 Å². The van der Waals surface area contributed by atoms with E-state index in [1.54, 1.807) is 6.26 Å². The van der Waals surface area contributed by atoms with E-state index in [9.17, 15) is 8.42 Å². The third kappa shape index (κ3) is 4.10. The zero-order valence-electron chi connectivity index (χ0n) is 12.1. The van der Waals surface area contributed by atoms with Crippen LogP contribution in [0.2, 0.25) is 0 Å². The molecule has 3 nitrogen and oxygen atoms in total. The first kappa shape index (κ1) is 15.1. The number of allylic oxidation sites excluding steroid dienone is 1. The third-order valence-electron chi connectivity index (χ3n) is 3.85. The van der Waals surface area contributed by atoms with Gasteiger partial charge in [0.15, 0.2) is 9.84 Å². The molecule has 0 N–H and O–H groups in total. The SMILES string of the molecule is C/C(=C/OC(C)C1CCCS(=O)(=O)C1)c1ccccc1. The second-order valence-corrected chi connectivity index (χ2v) is 7.75. The molecule has 0 saturated carbocycles. The summed E-state index contributed by atoms with van der Waals surface area (Å²) in [5, 5.41) is 0. The summed E-state index contributed by atoms with van der Waals surface area (Å²) in [5.74, 6) is 0.690. The van der Waals surface area contributed by atoms with E-state index in [0.29, 0.717) is 5.75 Å². The Hall–Kier alpha value is -1.29. The third-order valence-corrected chi connectivity index (χ3v) is 5.70. The predicted molar refractivity (Wildman–Crippen MR) is 82.0 cm³/mol. The van der Waals surface area contributed by atoms with Crippen LogP contribution in [-0.2, 0) is 14.6 Å². The second kappa shape index (κ2) is 6.44. The molecule has 0 aliphatic carbocycles. The van der Waals surface area contributed by atoms with Gasteiger partial charge in [0.25, 0.3) is 0 Å². The Morgan fingerprint density at radius 3 is 2.70 bits per heavy atom. The molecule has 1 aromatic carbocycles. The van der Waals surface area contributed by atoms with Crippen molar-refractivity contribution < 1.29 is 13.2 Å². The quantitative estimate of drug-likeness (QED) is 0.800. The van der Waals surface area contributed by atoms with Gasteiger partial charge in [-0.25, -0.2) is 8.42 Å². The van der Waals surface area contributed by atoms with Gasteiger partial charge in [-0.05, 0) is 37.8 Å². The highest BCUT2D eigenvalue weighted by Crippen LogP contribution is 2.24. The highest BCUT2D eigenvalue weighted by atomic mass is 32.2. The summed E-state index contributed by atoms with van der Waals surface area (Å²) in [6, 6.07) is 10.0. The van der Waals surface area contributed by atoms with Crippen LogP contribution in [0.25, 0.3) is 5.57 Å². The molecule has 110 valence electrons. The maximum absolute atomic E-state index is 11.7. The minimum absolute atomic E-state index is 0.0660. The maximum Gasteiger partial charge on any atom is 0.150 e. The van der Waals surface area contributed by atoms with E-state index in [4.69, 9.17) is 4.74 Å².